The maximum absolute atomic E-state index is 13.0. The van der Waals surface area contributed by atoms with Gasteiger partial charge in [-0.3, -0.25) is 4.31 Å². The van der Waals surface area contributed by atoms with Crippen molar-refractivity contribution in [1.29, 1.82) is 0 Å². The summed E-state index contributed by atoms with van der Waals surface area (Å²) in [6.45, 7) is 2.40. The lowest BCUT2D eigenvalue weighted by Gasteiger charge is -2.35. The normalized spacial score (nSPS) is 21.8. The monoisotopic (exact) mass is 378 g/mol. The van der Waals surface area contributed by atoms with E-state index >= 15 is 0 Å². The zero-order valence-electron chi connectivity index (χ0n) is 14.5. The van der Waals surface area contributed by atoms with Gasteiger partial charge in [0.2, 0.25) is 11.8 Å². The van der Waals surface area contributed by atoms with Crippen molar-refractivity contribution in [3.05, 3.63) is 42.1 Å². The summed E-state index contributed by atoms with van der Waals surface area (Å²) >= 11 is 0. The summed E-state index contributed by atoms with van der Waals surface area (Å²) < 4.78 is 39.9. The van der Waals surface area contributed by atoms with Gasteiger partial charge in [0.25, 0.3) is 0 Å². The van der Waals surface area contributed by atoms with Crippen LogP contribution in [0.4, 0.5) is 5.69 Å². The molecule has 9 heteroatoms. The van der Waals surface area contributed by atoms with E-state index in [4.69, 9.17) is 9.15 Å². The van der Waals surface area contributed by atoms with Gasteiger partial charge >= 0.3 is 10.2 Å². The smallest absolute Gasteiger partial charge is 0.304 e. The lowest BCUT2D eigenvalue weighted by atomic mass is 10.0. The Morgan fingerprint density at radius 2 is 1.85 bits per heavy atom. The molecule has 2 aliphatic heterocycles. The highest BCUT2D eigenvalue weighted by molar-refractivity contribution is 7.90. The number of benzene rings is 1. The average Bonchev–Trinajstić information content (AvgIpc) is 3.13. The highest BCUT2D eigenvalue weighted by Gasteiger charge is 2.35. The molecule has 2 aromatic rings. The summed E-state index contributed by atoms with van der Waals surface area (Å²) in [6.07, 6.45) is 2.45. The van der Waals surface area contributed by atoms with Crippen LogP contribution in [-0.2, 0) is 21.5 Å². The first kappa shape index (κ1) is 17.4. The van der Waals surface area contributed by atoms with Crippen LogP contribution in [0.15, 0.2) is 34.7 Å². The van der Waals surface area contributed by atoms with Crippen molar-refractivity contribution in [2.45, 2.75) is 31.7 Å². The van der Waals surface area contributed by atoms with Gasteiger partial charge in [0, 0.05) is 32.2 Å². The van der Waals surface area contributed by atoms with Crippen molar-refractivity contribution < 1.29 is 17.6 Å². The lowest BCUT2D eigenvalue weighted by Crippen LogP contribution is -2.49. The number of hydrogen-bond acceptors (Lipinski definition) is 6. The molecule has 2 saturated heterocycles. The second-order valence-corrected chi connectivity index (χ2v) is 8.38. The van der Waals surface area contributed by atoms with Crippen LogP contribution in [0.5, 0.6) is 0 Å². The van der Waals surface area contributed by atoms with Crippen LogP contribution < -0.4 is 4.31 Å². The van der Waals surface area contributed by atoms with Gasteiger partial charge in [-0.05, 0) is 31.4 Å². The summed E-state index contributed by atoms with van der Waals surface area (Å²) in [7, 11) is -3.61. The molecule has 4 rings (SSSR count). The quantitative estimate of drug-likeness (QED) is 0.808. The van der Waals surface area contributed by atoms with Crippen molar-refractivity contribution in [2.24, 2.45) is 0 Å². The van der Waals surface area contributed by atoms with Crippen LogP contribution in [-0.4, -0.2) is 49.2 Å². The number of ether oxygens (including phenoxy) is 1. The van der Waals surface area contributed by atoms with Crippen LogP contribution in [0.3, 0.4) is 0 Å². The Bertz CT molecular complexity index is 833. The first-order valence-corrected chi connectivity index (χ1v) is 10.3. The molecule has 0 radical (unpaired) electrons. The van der Waals surface area contributed by atoms with Gasteiger partial charge in [-0.25, -0.2) is 0 Å². The summed E-state index contributed by atoms with van der Waals surface area (Å²) in [5.74, 6) is 1.12. The molecule has 0 amide bonds. The van der Waals surface area contributed by atoms with Gasteiger partial charge in [0.15, 0.2) is 0 Å². The molecule has 0 spiro atoms. The minimum absolute atomic E-state index is 0.0991. The molecule has 0 N–H and O–H groups in total. The van der Waals surface area contributed by atoms with E-state index in [1.165, 1.54) is 8.61 Å². The molecule has 8 nitrogen and oxygen atoms in total. The summed E-state index contributed by atoms with van der Waals surface area (Å²) in [6, 6.07) is 9.14. The van der Waals surface area contributed by atoms with Crippen LogP contribution in [0.2, 0.25) is 0 Å². The maximum atomic E-state index is 13.0. The van der Waals surface area contributed by atoms with E-state index in [0.29, 0.717) is 43.8 Å². The molecule has 1 aromatic heterocycles. The topological polar surface area (TPSA) is 88.8 Å². The molecule has 0 aliphatic carbocycles. The Labute approximate surface area is 152 Å². The van der Waals surface area contributed by atoms with E-state index in [9.17, 15) is 8.42 Å². The Kier molecular flexibility index (Phi) is 4.92. The van der Waals surface area contributed by atoms with E-state index in [2.05, 4.69) is 10.2 Å². The van der Waals surface area contributed by atoms with Crippen molar-refractivity contribution in [3.63, 3.8) is 0 Å². The number of nitrogens with zero attached hydrogens (tertiary/aromatic N) is 4. The number of aromatic nitrogens is 2. The molecular weight excluding hydrogens is 356 g/mol. The SMILES string of the molecule is O=S1(=O)N(Cc2nnc(C3CCOCC3)o2)CCCN1c1ccccc1. The van der Waals surface area contributed by atoms with Gasteiger partial charge in [0.1, 0.15) is 0 Å². The van der Waals surface area contributed by atoms with Crippen LogP contribution in [0.25, 0.3) is 0 Å². The van der Waals surface area contributed by atoms with Crippen molar-refractivity contribution in [2.75, 3.05) is 30.6 Å². The average molecular weight is 378 g/mol. The molecule has 3 heterocycles. The number of anilines is 1. The third-order valence-corrected chi connectivity index (χ3v) is 6.70. The second kappa shape index (κ2) is 7.34. The summed E-state index contributed by atoms with van der Waals surface area (Å²) in [5, 5.41) is 8.19. The van der Waals surface area contributed by atoms with E-state index in [0.717, 1.165) is 19.3 Å². The molecule has 2 aliphatic rings. The lowest BCUT2D eigenvalue weighted by molar-refractivity contribution is 0.0790. The fourth-order valence-electron chi connectivity index (χ4n) is 3.37. The predicted molar refractivity (Wildman–Crippen MR) is 94.8 cm³/mol. The minimum atomic E-state index is -3.61. The Morgan fingerprint density at radius 3 is 2.62 bits per heavy atom. The van der Waals surface area contributed by atoms with Crippen molar-refractivity contribution >= 4 is 15.9 Å². The molecule has 0 bridgehead atoms. The largest absolute Gasteiger partial charge is 0.424 e. The first-order chi connectivity index (χ1) is 12.6. The fourth-order valence-corrected chi connectivity index (χ4v) is 5.03. The molecule has 140 valence electrons. The van der Waals surface area contributed by atoms with E-state index in [-0.39, 0.29) is 12.5 Å². The molecule has 0 atom stereocenters. The zero-order valence-corrected chi connectivity index (χ0v) is 15.3. The summed E-state index contributed by atoms with van der Waals surface area (Å²) in [5.41, 5.74) is 0.672. The predicted octanol–water partition coefficient (Wildman–Crippen LogP) is 1.92. The van der Waals surface area contributed by atoms with Crippen LogP contribution in [0.1, 0.15) is 37.0 Å². The highest BCUT2D eigenvalue weighted by atomic mass is 32.2. The summed E-state index contributed by atoms with van der Waals surface area (Å²) in [4.78, 5) is 0. The third kappa shape index (κ3) is 3.46. The maximum Gasteiger partial charge on any atom is 0.304 e. The second-order valence-electron chi connectivity index (χ2n) is 6.52. The first-order valence-electron chi connectivity index (χ1n) is 8.87. The van der Waals surface area contributed by atoms with Gasteiger partial charge in [-0.1, -0.05) is 18.2 Å². The Balaban J connectivity index is 1.50. The van der Waals surface area contributed by atoms with Crippen molar-refractivity contribution in [3.8, 4) is 0 Å². The van der Waals surface area contributed by atoms with Crippen LogP contribution >= 0.6 is 0 Å². The molecule has 2 fully saturated rings. The molecule has 0 unspecified atom stereocenters. The third-order valence-electron chi connectivity index (χ3n) is 4.78. The number of para-hydroxylation sites is 1. The molecule has 26 heavy (non-hydrogen) atoms. The highest BCUT2D eigenvalue weighted by Crippen LogP contribution is 2.28. The fraction of sp³-hybridized carbons (Fsp3) is 0.529. The minimum Gasteiger partial charge on any atom is -0.424 e. The molecule has 1 aromatic carbocycles. The van der Waals surface area contributed by atoms with Gasteiger partial charge in [-0.15, -0.1) is 10.2 Å². The Hall–Kier alpha value is -1.97. The van der Waals surface area contributed by atoms with Gasteiger partial charge < -0.3 is 9.15 Å². The van der Waals surface area contributed by atoms with Crippen molar-refractivity contribution in [1.82, 2.24) is 14.5 Å². The van der Waals surface area contributed by atoms with Crippen LogP contribution in [0, 0.1) is 0 Å². The molecule has 0 saturated carbocycles. The number of rotatable bonds is 4. The Morgan fingerprint density at radius 1 is 1.08 bits per heavy atom. The van der Waals surface area contributed by atoms with E-state index < -0.39 is 10.2 Å². The molecular formula is C17H22N4O4S. The number of hydrogen-bond donors (Lipinski definition) is 0. The van der Waals surface area contributed by atoms with Gasteiger partial charge in [-0.2, -0.15) is 12.7 Å². The van der Waals surface area contributed by atoms with Gasteiger partial charge in [0.05, 0.1) is 12.2 Å². The zero-order chi connectivity index (χ0) is 18.0. The van der Waals surface area contributed by atoms with E-state index in [1.807, 2.05) is 18.2 Å². The van der Waals surface area contributed by atoms with E-state index in [1.54, 1.807) is 12.1 Å². The standard InChI is InChI=1S/C17H22N4O4S/c22-26(23)20(9-4-10-21(26)15-5-2-1-3-6-15)13-16-18-19-17(25-16)14-7-11-24-12-8-14/h1-3,5-6,14H,4,7-13H2.